The lowest BCUT2D eigenvalue weighted by atomic mass is 9.90. The molecule has 2 heteroatoms. The summed E-state index contributed by atoms with van der Waals surface area (Å²) in [7, 11) is 0. The third-order valence-corrected chi connectivity index (χ3v) is 10.0. The van der Waals surface area contributed by atoms with Gasteiger partial charge in [-0.25, -0.2) is 0 Å². The summed E-state index contributed by atoms with van der Waals surface area (Å²) >= 11 is 0. The van der Waals surface area contributed by atoms with E-state index >= 15 is 0 Å². The Morgan fingerprint density at radius 1 is 0.370 bits per heavy atom. The van der Waals surface area contributed by atoms with Crippen molar-refractivity contribution < 1.29 is 0 Å². The molecule has 0 N–H and O–H groups in total. The summed E-state index contributed by atoms with van der Waals surface area (Å²) in [5.74, 6) is 0. The van der Waals surface area contributed by atoms with Gasteiger partial charge in [-0.05, 0) is 70.5 Å². The Kier molecular flexibility index (Phi) is 5.44. The van der Waals surface area contributed by atoms with Crippen molar-refractivity contribution >= 4 is 43.4 Å². The molecular weight excluding hydrogens is 556 g/mol. The van der Waals surface area contributed by atoms with Crippen molar-refractivity contribution in [1.82, 2.24) is 9.13 Å². The van der Waals surface area contributed by atoms with Crippen molar-refractivity contribution in [3.8, 4) is 33.6 Å². The Morgan fingerprint density at radius 3 is 1.57 bits per heavy atom. The molecule has 0 radical (unpaired) electrons. The summed E-state index contributed by atoms with van der Waals surface area (Å²) in [5.41, 5.74) is 13.1. The van der Waals surface area contributed by atoms with Gasteiger partial charge in [0.25, 0.3) is 0 Å². The van der Waals surface area contributed by atoms with Crippen molar-refractivity contribution in [2.45, 2.75) is 12.8 Å². The number of nitrogens with zero attached hydrogens (tertiary/aromatic N) is 2. The van der Waals surface area contributed by atoms with E-state index in [0.29, 0.717) is 0 Å². The molecule has 0 aliphatic heterocycles. The zero-order valence-electron chi connectivity index (χ0n) is 25.3. The van der Waals surface area contributed by atoms with Gasteiger partial charge in [-0.1, -0.05) is 127 Å². The van der Waals surface area contributed by atoms with Crippen LogP contribution in [0.15, 0.2) is 158 Å². The minimum absolute atomic E-state index is 0.975. The van der Waals surface area contributed by atoms with E-state index in [1.807, 2.05) is 0 Å². The molecule has 46 heavy (non-hydrogen) atoms. The van der Waals surface area contributed by atoms with Gasteiger partial charge < -0.3 is 9.13 Å². The molecule has 2 nitrogen and oxygen atoms in total. The molecular formula is C44H30N2. The van der Waals surface area contributed by atoms with Crippen LogP contribution in [-0.2, 0) is 12.8 Å². The maximum atomic E-state index is 2.54. The van der Waals surface area contributed by atoms with E-state index in [-0.39, 0.29) is 0 Å². The maximum absolute atomic E-state index is 2.54. The maximum Gasteiger partial charge on any atom is 0.0538 e. The molecule has 0 amide bonds. The number of hydrogen-bond donors (Lipinski definition) is 0. The van der Waals surface area contributed by atoms with Crippen LogP contribution in [0.2, 0.25) is 0 Å². The van der Waals surface area contributed by atoms with Crippen LogP contribution in [0.5, 0.6) is 0 Å². The van der Waals surface area contributed by atoms with Gasteiger partial charge in [0.1, 0.15) is 0 Å². The lowest BCUT2D eigenvalue weighted by Gasteiger charge is -2.20. The summed E-state index contributed by atoms with van der Waals surface area (Å²) in [6, 6.07) is 57.8. The normalized spacial score (nSPS) is 12.6. The molecule has 0 saturated carbocycles. The molecule has 1 aliphatic carbocycles. The van der Waals surface area contributed by atoms with Crippen molar-refractivity contribution in [2.75, 3.05) is 0 Å². The molecule has 0 saturated heterocycles. The highest BCUT2D eigenvalue weighted by molar-refractivity contribution is 6.10. The SMILES string of the molecule is c1ccc2c(-c3ccc(-n4c5c(c6ccccc64)-c4c(n(-c6cccc7ccccc67)c6ccccc46)CC5)cc3)cccc2c1. The third kappa shape index (κ3) is 3.59. The molecule has 0 bridgehead atoms. The van der Waals surface area contributed by atoms with Gasteiger partial charge >= 0.3 is 0 Å². The number of para-hydroxylation sites is 2. The van der Waals surface area contributed by atoms with Crippen LogP contribution in [0, 0.1) is 0 Å². The number of benzene rings is 7. The van der Waals surface area contributed by atoms with Gasteiger partial charge in [-0.2, -0.15) is 0 Å². The first-order chi connectivity index (χ1) is 22.8. The second-order valence-corrected chi connectivity index (χ2v) is 12.4. The molecule has 7 aromatic carbocycles. The van der Waals surface area contributed by atoms with Crippen molar-refractivity contribution in [3.05, 3.63) is 169 Å². The molecule has 9 aromatic rings. The highest BCUT2D eigenvalue weighted by atomic mass is 15.0. The Hall–Kier alpha value is -5.86. The predicted octanol–water partition coefficient (Wildman–Crippen LogP) is 11.3. The first-order valence-corrected chi connectivity index (χ1v) is 16.2. The number of rotatable bonds is 3. The molecule has 0 fully saturated rings. The molecule has 0 atom stereocenters. The minimum Gasteiger partial charge on any atom is -0.313 e. The van der Waals surface area contributed by atoms with Gasteiger partial charge in [0.05, 0.1) is 16.7 Å². The van der Waals surface area contributed by atoms with E-state index in [4.69, 9.17) is 0 Å². The zero-order valence-corrected chi connectivity index (χ0v) is 25.3. The van der Waals surface area contributed by atoms with Gasteiger partial charge in [0, 0.05) is 44.4 Å². The summed E-state index contributed by atoms with van der Waals surface area (Å²) in [6.45, 7) is 0. The van der Waals surface area contributed by atoms with Crippen LogP contribution < -0.4 is 0 Å². The van der Waals surface area contributed by atoms with Crippen molar-refractivity contribution in [3.63, 3.8) is 0 Å². The van der Waals surface area contributed by atoms with E-state index in [1.54, 1.807) is 0 Å². The van der Waals surface area contributed by atoms with E-state index in [1.165, 1.54) is 88.4 Å². The van der Waals surface area contributed by atoms with E-state index in [2.05, 4.69) is 167 Å². The van der Waals surface area contributed by atoms with Gasteiger partial charge in [0.15, 0.2) is 0 Å². The standard InChI is InChI=1S/C44H30N2/c1-3-15-33-29(11-1)13-9-19-34(33)31-23-25-32(26-24-31)45-39-20-7-5-17-36(39)43-41(45)27-28-42-44(43)37-18-6-8-21-40(37)46(42)38-22-10-14-30-12-2-4-16-35(30)38/h1-26H,27-28H2. The van der Waals surface area contributed by atoms with Crippen LogP contribution in [-0.4, -0.2) is 9.13 Å². The minimum atomic E-state index is 0.975. The van der Waals surface area contributed by atoms with Gasteiger partial charge in [-0.3, -0.25) is 0 Å². The van der Waals surface area contributed by atoms with Crippen LogP contribution >= 0.6 is 0 Å². The number of fused-ring (bicyclic) bond motifs is 9. The Morgan fingerprint density at radius 2 is 0.870 bits per heavy atom. The molecule has 216 valence electrons. The Labute approximate surface area is 267 Å². The Balaban J connectivity index is 1.20. The van der Waals surface area contributed by atoms with Crippen LogP contribution in [0.3, 0.4) is 0 Å². The predicted molar refractivity (Wildman–Crippen MR) is 193 cm³/mol. The number of aromatic nitrogens is 2. The second kappa shape index (κ2) is 9.82. The fourth-order valence-electron chi connectivity index (χ4n) is 8.09. The topological polar surface area (TPSA) is 9.86 Å². The molecule has 2 aromatic heterocycles. The summed E-state index contributed by atoms with van der Waals surface area (Å²) < 4.78 is 5.06. The Bertz CT molecular complexity index is 2620. The van der Waals surface area contributed by atoms with Crippen LogP contribution in [0.25, 0.3) is 77.0 Å². The average molecular weight is 587 g/mol. The smallest absolute Gasteiger partial charge is 0.0538 e. The second-order valence-electron chi connectivity index (χ2n) is 12.4. The van der Waals surface area contributed by atoms with Crippen LogP contribution in [0.1, 0.15) is 11.4 Å². The lowest BCUT2D eigenvalue weighted by Crippen LogP contribution is -2.11. The molecule has 0 spiro atoms. The average Bonchev–Trinajstić information content (AvgIpc) is 3.64. The molecule has 0 unspecified atom stereocenters. The van der Waals surface area contributed by atoms with Gasteiger partial charge in [-0.15, -0.1) is 0 Å². The summed E-state index contributed by atoms with van der Waals surface area (Å²) in [6.07, 6.45) is 1.95. The van der Waals surface area contributed by atoms with Crippen molar-refractivity contribution in [1.29, 1.82) is 0 Å². The first kappa shape index (κ1) is 25.5. The van der Waals surface area contributed by atoms with E-state index in [9.17, 15) is 0 Å². The van der Waals surface area contributed by atoms with E-state index < -0.39 is 0 Å². The van der Waals surface area contributed by atoms with Crippen molar-refractivity contribution in [2.24, 2.45) is 0 Å². The summed E-state index contributed by atoms with van der Waals surface area (Å²) in [5, 5.41) is 7.75. The number of hydrogen-bond acceptors (Lipinski definition) is 0. The molecule has 10 rings (SSSR count). The van der Waals surface area contributed by atoms with E-state index in [0.717, 1.165) is 12.8 Å². The first-order valence-electron chi connectivity index (χ1n) is 16.2. The lowest BCUT2D eigenvalue weighted by molar-refractivity contribution is 0.823. The highest BCUT2D eigenvalue weighted by Gasteiger charge is 2.30. The third-order valence-electron chi connectivity index (χ3n) is 10.0. The zero-order chi connectivity index (χ0) is 30.2. The fourth-order valence-corrected chi connectivity index (χ4v) is 8.09. The molecule has 1 aliphatic rings. The highest BCUT2D eigenvalue weighted by Crippen LogP contribution is 2.48. The van der Waals surface area contributed by atoms with Gasteiger partial charge in [0.2, 0.25) is 0 Å². The summed E-state index contributed by atoms with van der Waals surface area (Å²) in [4.78, 5) is 0. The largest absolute Gasteiger partial charge is 0.313 e. The monoisotopic (exact) mass is 586 g/mol. The fraction of sp³-hybridized carbons (Fsp3) is 0.0455. The molecule has 2 heterocycles. The van der Waals surface area contributed by atoms with Crippen LogP contribution in [0.4, 0.5) is 0 Å². The quantitative estimate of drug-likeness (QED) is 0.195.